The van der Waals surface area contributed by atoms with Crippen LogP contribution in [0.2, 0.25) is 0 Å². The number of tetrazole rings is 1. The first-order valence-electron chi connectivity index (χ1n) is 3.48. The minimum absolute atomic E-state index is 0.232. The fourth-order valence-electron chi connectivity index (χ4n) is 1.14. The van der Waals surface area contributed by atoms with E-state index in [4.69, 9.17) is 0 Å². The van der Waals surface area contributed by atoms with Crippen molar-refractivity contribution >= 4 is 16.9 Å². The summed E-state index contributed by atoms with van der Waals surface area (Å²) in [5, 5.41) is 8.63. The zero-order valence-corrected chi connectivity index (χ0v) is 6.22. The van der Waals surface area contributed by atoms with E-state index >= 15 is 0 Å². The van der Waals surface area contributed by atoms with Gasteiger partial charge in [0.1, 0.15) is 6.33 Å². The number of rotatable bonds is 0. The molecule has 0 spiro atoms. The number of nitrogens with one attached hydrogen (secondary N) is 2. The van der Waals surface area contributed by atoms with Crippen molar-refractivity contribution in [1.29, 1.82) is 0 Å². The van der Waals surface area contributed by atoms with Crippen LogP contribution in [0.15, 0.2) is 11.1 Å². The molecule has 0 aromatic carbocycles. The van der Waals surface area contributed by atoms with Crippen LogP contribution in [0.3, 0.4) is 0 Å². The largest absolute Gasteiger partial charge is 0.303 e. The van der Waals surface area contributed by atoms with Crippen molar-refractivity contribution in [3.63, 3.8) is 0 Å². The predicted octanol–water partition coefficient (Wildman–Crippen LogP) is -1.31. The summed E-state index contributed by atoms with van der Waals surface area (Å²) >= 11 is 0. The van der Waals surface area contributed by atoms with Crippen LogP contribution < -0.4 is 5.56 Å². The minimum atomic E-state index is -0.314. The molecule has 0 aliphatic heterocycles. The van der Waals surface area contributed by atoms with Crippen molar-refractivity contribution in [3.8, 4) is 0 Å². The zero-order valence-electron chi connectivity index (χ0n) is 6.22. The van der Waals surface area contributed by atoms with Gasteiger partial charge in [0.25, 0.3) is 5.78 Å². The van der Waals surface area contributed by atoms with Gasteiger partial charge in [-0.2, -0.15) is 9.50 Å². The summed E-state index contributed by atoms with van der Waals surface area (Å²) in [6.07, 6.45) is 1.29. The van der Waals surface area contributed by atoms with Gasteiger partial charge in [-0.3, -0.25) is 4.79 Å². The first-order valence-corrected chi connectivity index (χ1v) is 3.48. The van der Waals surface area contributed by atoms with E-state index in [0.717, 1.165) is 4.52 Å². The SMILES string of the molecule is O=c1c2ncnc2nc2n[nH][nH]n12. The molecule has 13 heavy (non-hydrogen) atoms. The monoisotopic (exact) mass is 177 g/mol. The van der Waals surface area contributed by atoms with E-state index in [2.05, 4.69) is 30.5 Å². The number of aromatic nitrogens is 7. The molecule has 3 rings (SSSR count). The number of fused-ring (bicyclic) bond motifs is 2. The lowest BCUT2D eigenvalue weighted by atomic mass is 10.5. The lowest BCUT2D eigenvalue weighted by molar-refractivity contribution is 0.805. The number of H-pyrrole nitrogens is 2. The molecule has 0 bridgehead atoms. The first-order chi connectivity index (χ1) is 6.36. The molecule has 0 atom stereocenters. The summed E-state index contributed by atoms with van der Waals surface area (Å²) in [6.45, 7) is 0. The van der Waals surface area contributed by atoms with E-state index in [-0.39, 0.29) is 16.9 Å². The van der Waals surface area contributed by atoms with Gasteiger partial charge in [-0.15, -0.1) is 5.10 Å². The lowest BCUT2D eigenvalue weighted by Crippen LogP contribution is -2.15. The van der Waals surface area contributed by atoms with Gasteiger partial charge in [-0.25, -0.2) is 20.4 Å². The van der Waals surface area contributed by atoms with Crippen LogP contribution in [0, 0.1) is 0 Å². The van der Waals surface area contributed by atoms with Crippen LogP contribution in [0.25, 0.3) is 16.9 Å². The summed E-state index contributed by atoms with van der Waals surface area (Å²) in [4.78, 5) is 23.1. The van der Waals surface area contributed by atoms with E-state index in [1.807, 2.05) is 0 Å². The van der Waals surface area contributed by atoms with Crippen molar-refractivity contribution in [2.75, 3.05) is 0 Å². The molecule has 0 amide bonds. The van der Waals surface area contributed by atoms with E-state index in [1.54, 1.807) is 0 Å². The van der Waals surface area contributed by atoms with Crippen LogP contribution in [-0.2, 0) is 0 Å². The highest BCUT2D eigenvalue weighted by Crippen LogP contribution is 1.99. The van der Waals surface area contributed by atoms with E-state index in [9.17, 15) is 4.79 Å². The van der Waals surface area contributed by atoms with Gasteiger partial charge in [-0.1, -0.05) is 0 Å². The fraction of sp³-hybridized carbons (Fsp3) is 0. The molecule has 8 nitrogen and oxygen atoms in total. The molecule has 0 aliphatic rings. The highest BCUT2D eigenvalue weighted by atomic mass is 16.1. The Kier molecular flexibility index (Phi) is 0.925. The maximum atomic E-state index is 11.5. The Labute approximate surface area is 69.6 Å². The number of hydrogen-bond acceptors (Lipinski definition) is 5. The second-order valence-electron chi connectivity index (χ2n) is 2.43. The van der Waals surface area contributed by atoms with Crippen LogP contribution in [0.1, 0.15) is 0 Å². The first kappa shape index (κ1) is 6.29. The van der Waals surface area contributed by atoms with E-state index in [1.165, 1.54) is 6.33 Å². The molecule has 0 fully saturated rings. The Morgan fingerprint density at radius 3 is 3.23 bits per heavy atom. The fourth-order valence-corrected chi connectivity index (χ4v) is 1.14. The average molecular weight is 177 g/mol. The predicted molar refractivity (Wildman–Crippen MR) is 41.1 cm³/mol. The number of imidazole rings is 1. The smallest absolute Gasteiger partial charge is 0.265 e. The van der Waals surface area contributed by atoms with Crippen molar-refractivity contribution < 1.29 is 0 Å². The molecule has 0 radical (unpaired) electrons. The molecule has 2 N–H and O–H groups in total. The molecule has 3 heterocycles. The van der Waals surface area contributed by atoms with Gasteiger partial charge in [0.2, 0.25) is 0 Å². The number of hydrogen-bond donors (Lipinski definition) is 2. The van der Waals surface area contributed by atoms with Gasteiger partial charge < -0.3 is 0 Å². The molecular formula is C5H3N7O. The van der Waals surface area contributed by atoms with Crippen LogP contribution >= 0.6 is 0 Å². The summed E-state index contributed by atoms with van der Waals surface area (Å²) in [6, 6.07) is 0. The van der Waals surface area contributed by atoms with Gasteiger partial charge in [0.15, 0.2) is 11.2 Å². The zero-order chi connectivity index (χ0) is 8.84. The van der Waals surface area contributed by atoms with Gasteiger partial charge in [0.05, 0.1) is 0 Å². The maximum absolute atomic E-state index is 11.5. The Balaban J connectivity index is 2.76. The Morgan fingerprint density at radius 2 is 2.31 bits per heavy atom. The van der Waals surface area contributed by atoms with Crippen LogP contribution in [0.5, 0.6) is 0 Å². The Hall–Kier alpha value is -2.25. The highest BCUT2D eigenvalue weighted by Gasteiger charge is 2.08. The van der Waals surface area contributed by atoms with Crippen LogP contribution in [0.4, 0.5) is 0 Å². The average Bonchev–Trinajstić information content (AvgIpc) is 2.71. The second-order valence-corrected chi connectivity index (χ2v) is 2.43. The molecule has 3 aromatic heterocycles. The molecule has 8 heteroatoms. The minimum Gasteiger partial charge on any atom is -0.265 e. The highest BCUT2D eigenvalue weighted by molar-refractivity contribution is 5.70. The van der Waals surface area contributed by atoms with Crippen molar-refractivity contribution in [2.45, 2.75) is 0 Å². The maximum Gasteiger partial charge on any atom is 0.303 e. The third-order valence-electron chi connectivity index (χ3n) is 1.71. The third kappa shape index (κ3) is 0.662. The quantitative estimate of drug-likeness (QED) is 0.443. The number of aromatic amines is 2. The molecule has 0 aliphatic carbocycles. The topological polar surface area (TPSA) is 105 Å². The van der Waals surface area contributed by atoms with E-state index < -0.39 is 0 Å². The summed E-state index contributed by atoms with van der Waals surface area (Å²) in [7, 11) is 0. The van der Waals surface area contributed by atoms with Gasteiger partial charge in [0, 0.05) is 0 Å². The Morgan fingerprint density at radius 1 is 1.38 bits per heavy atom. The summed E-state index contributed by atoms with van der Waals surface area (Å²) < 4.78 is 1.16. The lowest BCUT2D eigenvalue weighted by Gasteiger charge is -1.87. The third-order valence-corrected chi connectivity index (χ3v) is 1.71. The second kappa shape index (κ2) is 1.91. The van der Waals surface area contributed by atoms with E-state index in [0.29, 0.717) is 5.65 Å². The molecule has 64 valence electrons. The standard InChI is InChI=1S/C5H3N7O/c13-4-2-3(7-1-6-2)8-5-9-10-11-12(4)5/h1,10-11H. The van der Waals surface area contributed by atoms with Crippen molar-refractivity contribution in [1.82, 2.24) is 35.0 Å². The van der Waals surface area contributed by atoms with Crippen molar-refractivity contribution in [2.24, 2.45) is 0 Å². The van der Waals surface area contributed by atoms with Gasteiger partial charge >= 0.3 is 5.56 Å². The van der Waals surface area contributed by atoms with Crippen LogP contribution in [-0.4, -0.2) is 35.0 Å². The number of nitrogens with zero attached hydrogens (tertiary/aromatic N) is 5. The summed E-state index contributed by atoms with van der Waals surface area (Å²) in [5.41, 5.74) is 0.229. The van der Waals surface area contributed by atoms with Gasteiger partial charge in [-0.05, 0) is 0 Å². The molecule has 3 aromatic rings. The normalized spacial score (nSPS) is 11.4. The molecular weight excluding hydrogens is 174 g/mol. The molecule has 0 saturated carbocycles. The summed E-state index contributed by atoms with van der Waals surface area (Å²) in [5.74, 6) is 0.248. The molecule has 0 unspecified atom stereocenters. The van der Waals surface area contributed by atoms with Crippen molar-refractivity contribution in [3.05, 3.63) is 16.7 Å². The Bertz CT molecular complexity index is 579. The molecule has 0 saturated heterocycles.